The van der Waals surface area contributed by atoms with Crippen molar-refractivity contribution in [2.24, 2.45) is 0 Å². The molecular weight excluding hydrogens is 422 g/mol. The van der Waals surface area contributed by atoms with Gasteiger partial charge < -0.3 is 0 Å². The van der Waals surface area contributed by atoms with Crippen LogP contribution in [0.3, 0.4) is 0 Å². The fraction of sp³-hybridized carbons (Fsp3) is 0.333. The van der Waals surface area contributed by atoms with E-state index >= 15 is 0 Å². The maximum atomic E-state index is 13.6. The number of hydrogen-bond acceptors (Lipinski definition) is 5. The predicted molar refractivity (Wildman–Crippen MR) is 75.0 cm³/mol. The van der Waals surface area contributed by atoms with Gasteiger partial charge in [0.05, 0.1) is 0 Å². The number of halogens is 7. The topological polar surface area (TPSA) is 80.3 Å². The third-order valence-corrected chi connectivity index (χ3v) is 6.64. The molecule has 1 radical (unpaired) electrons. The monoisotopic (exact) mass is 428 g/mol. The first-order valence-corrected chi connectivity index (χ1v) is 9.16. The minimum absolute atomic E-state index is 0. The standard InChI is InChI=1S/C9H6F7NO4S3.Li/c10-7(11,22-6-4-2-1-3-5-6)8(12,13)23(18,19)17-24(20,21)9(14,15)16;/h1-5,17H;. The van der Waals surface area contributed by atoms with Gasteiger partial charge in [-0.25, -0.2) is 16.8 Å². The summed E-state index contributed by atoms with van der Waals surface area (Å²) in [4.78, 5) is -0.531. The second kappa shape index (κ2) is 7.65. The summed E-state index contributed by atoms with van der Waals surface area (Å²) in [5.41, 5.74) is -6.29. The molecule has 1 N–H and O–H groups in total. The van der Waals surface area contributed by atoms with Crippen LogP contribution in [0.15, 0.2) is 35.2 Å². The van der Waals surface area contributed by atoms with Gasteiger partial charge in [-0.05, 0) is 23.9 Å². The molecule has 1 aromatic carbocycles. The van der Waals surface area contributed by atoms with Gasteiger partial charge in [-0.15, -0.1) is 0 Å². The van der Waals surface area contributed by atoms with E-state index in [9.17, 15) is 47.6 Å². The van der Waals surface area contributed by atoms with Crippen molar-refractivity contribution in [1.29, 1.82) is 0 Å². The molecule has 0 unspecified atom stereocenters. The van der Waals surface area contributed by atoms with Gasteiger partial charge in [-0.2, -0.15) is 30.7 Å². The van der Waals surface area contributed by atoms with Gasteiger partial charge in [0.1, 0.15) is 0 Å². The molecule has 0 saturated carbocycles. The molecule has 0 fully saturated rings. The molecule has 1 rings (SSSR count). The first kappa shape index (κ1) is 24.5. The minimum atomic E-state index is -6.94. The predicted octanol–water partition coefficient (Wildman–Crippen LogP) is 2.35. The van der Waals surface area contributed by atoms with Crippen molar-refractivity contribution in [3.63, 3.8) is 0 Å². The molecular formula is C9H6F7LiNO4S3. The smallest absolute Gasteiger partial charge is 0.205 e. The van der Waals surface area contributed by atoms with E-state index in [1.807, 2.05) is 0 Å². The van der Waals surface area contributed by atoms with E-state index in [1.54, 1.807) is 0 Å². The number of rotatable bonds is 6. The van der Waals surface area contributed by atoms with E-state index in [-0.39, 0.29) is 18.9 Å². The quantitative estimate of drug-likeness (QED) is 0.428. The average molecular weight is 428 g/mol. The molecule has 0 bridgehead atoms. The Labute approximate surface area is 153 Å². The molecule has 1 aromatic rings. The summed E-state index contributed by atoms with van der Waals surface area (Å²) < 4.78 is 133. The zero-order valence-corrected chi connectivity index (χ0v) is 14.3. The Morgan fingerprint density at radius 3 is 1.64 bits per heavy atom. The third-order valence-electron chi connectivity index (χ3n) is 2.19. The van der Waals surface area contributed by atoms with E-state index < -0.39 is 56.8 Å². The summed E-state index contributed by atoms with van der Waals surface area (Å²) in [7, 11) is -13.8. The molecule has 0 aromatic heterocycles. The van der Waals surface area contributed by atoms with E-state index in [4.69, 9.17) is 0 Å². The Balaban J connectivity index is 0.00000576. The van der Waals surface area contributed by atoms with Crippen molar-refractivity contribution in [3.05, 3.63) is 30.3 Å². The largest absolute Gasteiger partial charge is 0.512 e. The van der Waals surface area contributed by atoms with Crippen LogP contribution in [-0.4, -0.2) is 51.7 Å². The van der Waals surface area contributed by atoms with Gasteiger partial charge in [0.25, 0.3) is 10.0 Å². The number of hydrogen-bond donors (Lipinski definition) is 1. The normalized spacial score (nSPS) is 14.0. The molecule has 0 saturated heterocycles. The van der Waals surface area contributed by atoms with Crippen molar-refractivity contribution in [1.82, 2.24) is 4.13 Å². The third kappa shape index (κ3) is 5.27. The summed E-state index contributed by atoms with van der Waals surface area (Å²) >= 11 is -0.965. The van der Waals surface area contributed by atoms with E-state index in [2.05, 4.69) is 0 Å². The maximum absolute atomic E-state index is 13.6. The molecule has 0 heterocycles. The number of benzene rings is 1. The fourth-order valence-corrected chi connectivity index (χ4v) is 4.52. The zero-order valence-electron chi connectivity index (χ0n) is 11.9. The Morgan fingerprint density at radius 2 is 1.24 bits per heavy atom. The van der Waals surface area contributed by atoms with E-state index in [1.165, 1.54) is 6.07 Å². The average Bonchev–Trinajstić information content (AvgIpc) is 2.36. The summed E-state index contributed by atoms with van der Waals surface area (Å²) in [5, 5.41) is -11.6. The maximum Gasteiger partial charge on any atom is 0.512 e. The molecule has 0 atom stereocenters. The first-order chi connectivity index (χ1) is 10.5. The molecule has 0 spiro atoms. The Kier molecular flexibility index (Phi) is 7.51. The number of alkyl halides is 7. The van der Waals surface area contributed by atoms with Crippen LogP contribution in [0.25, 0.3) is 0 Å². The van der Waals surface area contributed by atoms with Gasteiger partial charge >= 0.3 is 26.0 Å². The van der Waals surface area contributed by atoms with Gasteiger partial charge in [-0.1, -0.05) is 22.3 Å². The summed E-state index contributed by atoms with van der Waals surface area (Å²) in [6, 6.07) is 5.44. The zero-order chi connectivity index (χ0) is 19.0. The SMILES string of the molecule is O=S(=O)(NS(=O)(=O)C(F)(F)C(F)(F)Sc1ccccc1)C(F)(F)F.[Li]. The van der Waals surface area contributed by atoms with Crippen molar-refractivity contribution in [2.45, 2.75) is 20.9 Å². The van der Waals surface area contributed by atoms with Crippen LogP contribution in [0.5, 0.6) is 0 Å². The second-order valence-electron chi connectivity index (χ2n) is 3.98. The van der Waals surface area contributed by atoms with Crippen LogP contribution < -0.4 is 4.13 Å². The molecule has 5 nitrogen and oxygen atoms in total. The molecule has 0 amide bonds. The summed E-state index contributed by atoms with van der Waals surface area (Å²) in [5.74, 6) is 0. The van der Waals surface area contributed by atoms with E-state index in [0.29, 0.717) is 0 Å². The summed E-state index contributed by atoms with van der Waals surface area (Å²) in [6.45, 7) is 0. The Hall–Kier alpha value is -0.463. The number of thioether (sulfide) groups is 1. The van der Waals surface area contributed by atoms with E-state index in [0.717, 1.165) is 24.3 Å². The van der Waals surface area contributed by atoms with Crippen molar-refractivity contribution in [3.8, 4) is 0 Å². The van der Waals surface area contributed by atoms with Crippen LogP contribution in [0.1, 0.15) is 0 Å². The number of sulfonamides is 2. The first-order valence-electron chi connectivity index (χ1n) is 5.37. The molecule has 16 heteroatoms. The van der Waals surface area contributed by atoms with Crippen LogP contribution in [-0.2, 0) is 20.0 Å². The minimum Gasteiger partial charge on any atom is -0.205 e. The van der Waals surface area contributed by atoms with Crippen molar-refractivity contribution in [2.75, 3.05) is 0 Å². The van der Waals surface area contributed by atoms with Crippen LogP contribution in [0, 0.1) is 0 Å². The summed E-state index contributed by atoms with van der Waals surface area (Å²) in [6.07, 6.45) is 0. The molecule has 0 aliphatic rings. The Morgan fingerprint density at radius 1 is 0.800 bits per heavy atom. The van der Waals surface area contributed by atoms with Crippen LogP contribution >= 0.6 is 11.8 Å². The van der Waals surface area contributed by atoms with Crippen LogP contribution in [0.4, 0.5) is 30.7 Å². The van der Waals surface area contributed by atoms with Gasteiger partial charge in [0.15, 0.2) is 0 Å². The van der Waals surface area contributed by atoms with Crippen molar-refractivity contribution >= 4 is 50.7 Å². The fourth-order valence-electron chi connectivity index (χ4n) is 1.10. The Bertz CT molecular complexity index is 796. The molecule has 25 heavy (non-hydrogen) atoms. The van der Waals surface area contributed by atoms with Gasteiger partial charge in [-0.3, -0.25) is 0 Å². The van der Waals surface area contributed by atoms with Crippen molar-refractivity contribution < 1.29 is 47.6 Å². The second-order valence-corrected chi connectivity index (χ2v) is 8.83. The molecule has 139 valence electrons. The molecule has 0 aliphatic carbocycles. The molecule has 0 aliphatic heterocycles. The van der Waals surface area contributed by atoms with Gasteiger partial charge in [0.2, 0.25) is 0 Å². The van der Waals surface area contributed by atoms with Gasteiger partial charge in [0, 0.05) is 23.8 Å². The number of nitrogens with one attached hydrogen (secondary N) is 1. The van der Waals surface area contributed by atoms with Crippen LogP contribution in [0.2, 0.25) is 0 Å².